The van der Waals surface area contributed by atoms with E-state index in [1.807, 2.05) is 24.3 Å². The third kappa shape index (κ3) is 3.52. The van der Waals surface area contributed by atoms with E-state index in [-0.39, 0.29) is 35.3 Å². The summed E-state index contributed by atoms with van der Waals surface area (Å²) in [7, 11) is 0. The van der Waals surface area contributed by atoms with Crippen molar-refractivity contribution in [2.45, 2.75) is 19.9 Å². The molecule has 0 fully saturated rings. The lowest BCUT2D eigenvalue weighted by Crippen LogP contribution is -2.38. The fourth-order valence-corrected chi connectivity index (χ4v) is 3.53. The molecule has 1 amide bonds. The number of ether oxygens (including phenoxy) is 1. The minimum Gasteiger partial charge on any atom is -0.452 e. The summed E-state index contributed by atoms with van der Waals surface area (Å²) in [5.41, 5.74) is 2.47. The molecule has 0 saturated heterocycles. The number of aromatic nitrogens is 1. The van der Waals surface area contributed by atoms with Crippen LogP contribution in [0.25, 0.3) is 5.88 Å². The first-order chi connectivity index (χ1) is 14.1. The van der Waals surface area contributed by atoms with Crippen LogP contribution in [0.4, 0.5) is 0 Å². The molecule has 0 atom stereocenters. The quantitative estimate of drug-likeness (QED) is 0.640. The third-order valence-corrected chi connectivity index (χ3v) is 5.03. The molecule has 3 heterocycles. The lowest BCUT2D eigenvalue weighted by atomic mass is 10.00. The van der Waals surface area contributed by atoms with Crippen molar-refractivity contribution >= 4 is 11.9 Å². The maximum absolute atomic E-state index is 12.6. The maximum atomic E-state index is 12.6. The first-order valence-corrected chi connectivity index (χ1v) is 9.27. The molecule has 1 aromatic carbocycles. The number of rotatable bonds is 4. The van der Waals surface area contributed by atoms with Crippen LogP contribution in [0.1, 0.15) is 32.8 Å². The number of fused-ring (bicyclic) bond motifs is 1. The molecule has 146 valence electrons. The van der Waals surface area contributed by atoms with Gasteiger partial charge < -0.3 is 14.1 Å². The Kier molecular flexibility index (Phi) is 4.92. The van der Waals surface area contributed by atoms with Gasteiger partial charge in [-0.2, -0.15) is 5.26 Å². The molecule has 0 spiro atoms. The molecular formula is C22H19N3O4. The van der Waals surface area contributed by atoms with Gasteiger partial charge in [0, 0.05) is 25.5 Å². The van der Waals surface area contributed by atoms with Gasteiger partial charge in [0.15, 0.2) is 6.61 Å². The molecule has 1 aliphatic rings. The highest BCUT2D eigenvalue weighted by atomic mass is 16.5. The molecule has 0 aliphatic carbocycles. The SMILES string of the molecule is Cc1oc(-n2cccc2)c(C#N)c1C(=O)OCC(=O)N1CCc2ccccc2C1. The number of carbonyl (C=O) groups is 2. The first-order valence-electron chi connectivity index (χ1n) is 9.27. The smallest absolute Gasteiger partial charge is 0.343 e. The van der Waals surface area contributed by atoms with Crippen molar-refractivity contribution in [3.8, 4) is 12.0 Å². The molecular weight excluding hydrogens is 370 g/mol. The van der Waals surface area contributed by atoms with Crippen molar-refractivity contribution < 1.29 is 18.7 Å². The Balaban J connectivity index is 1.45. The first kappa shape index (κ1) is 18.6. The molecule has 0 bridgehead atoms. The second kappa shape index (κ2) is 7.68. The van der Waals surface area contributed by atoms with Gasteiger partial charge in [-0.15, -0.1) is 0 Å². The van der Waals surface area contributed by atoms with E-state index in [1.54, 1.807) is 40.9 Å². The standard InChI is InChI=1S/C22H19N3O4/c1-15-20(18(12-23)21(29-15)24-9-4-5-10-24)22(27)28-14-19(26)25-11-8-16-6-2-3-7-17(16)13-25/h2-7,9-10H,8,11,13-14H2,1H3. The normalized spacial score (nSPS) is 12.9. The summed E-state index contributed by atoms with van der Waals surface area (Å²) in [5.74, 6) is -0.486. The van der Waals surface area contributed by atoms with Gasteiger partial charge in [-0.05, 0) is 36.6 Å². The Morgan fingerprint density at radius 2 is 1.90 bits per heavy atom. The molecule has 7 nitrogen and oxygen atoms in total. The van der Waals surface area contributed by atoms with E-state index in [0.29, 0.717) is 13.1 Å². The van der Waals surface area contributed by atoms with E-state index in [2.05, 4.69) is 6.07 Å². The number of amides is 1. The van der Waals surface area contributed by atoms with Gasteiger partial charge in [0.1, 0.15) is 23.0 Å². The van der Waals surface area contributed by atoms with Crippen LogP contribution in [0.15, 0.2) is 53.2 Å². The van der Waals surface area contributed by atoms with Gasteiger partial charge >= 0.3 is 5.97 Å². The average molecular weight is 389 g/mol. The van der Waals surface area contributed by atoms with Gasteiger partial charge in [0.2, 0.25) is 5.88 Å². The predicted octanol–water partition coefficient (Wildman–Crippen LogP) is 2.99. The van der Waals surface area contributed by atoms with Crippen LogP contribution >= 0.6 is 0 Å². The van der Waals surface area contributed by atoms with Crippen LogP contribution in [0.5, 0.6) is 0 Å². The monoisotopic (exact) mass is 389 g/mol. The maximum Gasteiger partial charge on any atom is 0.343 e. The van der Waals surface area contributed by atoms with Gasteiger partial charge in [-0.25, -0.2) is 4.79 Å². The Morgan fingerprint density at radius 3 is 2.62 bits per heavy atom. The minimum atomic E-state index is -0.744. The number of carbonyl (C=O) groups excluding carboxylic acids is 2. The summed E-state index contributed by atoms with van der Waals surface area (Å²) in [6.45, 7) is 2.29. The lowest BCUT2D eigenvalue weighted by molar-refractivity contribution is -0.135. The zero-order valence-corrected chi connectivity index (χ0v) is 15.9. The van der Waals surface area contributed by atoms with Gasteiger partial charge in [0.05, 0.1) is 0 Å². The van der Waals surface area contributed by atoms with Crippen LogP contribution in [-0.4, -0.2) is 34.5 Å². The summed E-state index contributed by atoms with van der Waals surface area (Å²) in [5, 5.41) is 9.53. The molecule has 2 aromatic heterocycles. The van der Waals surface area contributed by atoms with Crippen LogP contribution in [-0.2, 0) is 22.5 Å². The summed E-state index contributed by atoms with van der Waals surface area (Å²) in [6.07, 6.45) is 4.20. The third-order valence-electron chi connectivity index (χ3n) is 5.03. The van der Waals surface area contributed by atoms with Crippen LogP contribution in [0.3, 0.4) is 0 Å². The number of benzene rings is 1. The predicted molar refractivity (Wildman–Crippen MR) is 103 cm³/mol. The van der Waals surface area contributed by atoms with E-state index in [1.165, 1.54) is 5.56 Å². The van der Waals surface area contributed by atoms with E-state index in [9.17, 15) is 14.9 Å². The van der Waals surface area contributed by atoms with Crippen molar-refractivity contribution in [1.29, 1.82) is 5.26 Å². The molecule has 7 heteroatoms. The summed E-state index contributed by atoms with van der Waals surface area (Å²) in [4.78, 5) is 26.8. The molecule has 0 unspecified atom stereocenters. The van der Waals surface area contributed by atoms with E-state index < -0.39 is 5.97 Å². The van der Waals surface area contributed by atoms with Crippen molar-refractivity contribution in [1.82, 2.24) is 9.47 Å². The molecule has 1 aliphatic heterocycles. The van der Waals surface area contributed by atoms with Crippen LogP contribution < -0.4 is 0 Å². The number of nitriles is 1. The largest absolute Gasteiger partial charge is 0.452 e. The second-order valence-corrected chi connectivity index (χ2v) is 6.83. The topological polar surface area (TPSA) is 88.5 Å². The number of esters is 1. The highest BCUT2D eigenvalue weighted by Crippen LogP contribution is 2.26. The minimum absolute atomic E-state index is 0.0491. The highest BCUT2D eigenvalue weighted by molar-refractivity contribution is 5.95. The molecule has 29 heavy (non-hydrogen) atoms. The van der Waals surface area contributed by atoms with Crippen molar-refractivity contribution in [3.05, 3.63) is 76.8 Å². The molecule has 4 rings (SSSR count). The van der Waals surface area contributed by atoms with Crippen molar-refractivity contribution in [2.75, 3.05) is 13.2 Å². The van der Waals surface area contributed by atoms with Gasteiger partial charge in [-0.3, -0.25) is 9.36 Å². The van der Waals surface area contributed by atoms with E-state index in [4.69, 9.17) is 9.15 Å². The Labute approximate surface area is 167 Å². The molecule has 3 aromatic rings. The van der Waals surface area contributed by atoms with E-state index in [0.717, 1.165) is 12.0 Å². The van der Waals surface area contributed by atoms with Crippen LogP contribution in [0, 0.1) is 18.3 Å². The van der Waals surface area contributed by atoms with Crippen molar-refractivity contribution in [2.24, 2.45) is 0 Å². The number of hydrogen-bond acceptors (Lipinski definition) is 5. The van der Waals surface area contributed by atoms with Gasteiger partial charge in [-0.1, -0.05) is 24.3 Å². The Hall–Kier alpha value is -3.79. The molecule has 0 radical (unpaired) electrons. The fourth-order valence-electron chi connectivity index (χ4n) is 3.53. The van der Waals surface area contributed by atoms with Crippen LogP contribution in [0.2, 0.25) is 0 Å². The number of nitrogens with zero attached hydrogens (tertiary/aromatic N) is 3. The summed E-state index contributed by atoms with van der Waals surface area (Å²) in [6, 6.07) is 13.6. The Morgan fingerprint density at radius 1 is 1.17 bits per heavy atom. The highest BCUT2D eigenvalue weighted by Gasteiger charge is 2.27. The summed E-state index contributed by atoms with van der Waals surface area (Å²) < 4.78 is 12.5. The molecule has 0 N–H and O–H groups in total. The van der Waals surface area contributed by atoms with E-state index >= 15 is 0 Å². The van der Waals surface area contributed by atoms with Gasteiger partial charge in [0.25, 0.3) is 5.91 Å². The fraction of sp³-hybridized carbons (Fsp3) is 0.227. The molecule has 0 saturated carbocycles. The Bertz CT molecular complexity index is 1110. The lowest BCUT2D eigenvalue weighted by Gasteiger charge is -2.28. The summed E-state index contributed by atoms with van der Waals surface area (Å²) >= 11 is 0. The number of furan rings is 1. The zero-order chi connectivity index (χ0) is 20.4. The van der Waals surface area contributed by atoms with Crippen molar-refractivity contribution in [3.63, 3.8) is 0 Å². The number of aryl methyl sites for hydroxylation is 1. The second-order valence-electron chi connectivity index (χ2n) is 6.83. The zero-order valence-electron chi connectivity index (χ0n) is 15.9. The number of hydrogen-bond donors (Lipinski definition) is 0. The average Bonchev–Trinajstić information content (AvgIpc) is 3.38.